The van der Waals surface area contributed by atoms with E-state index < -0.39 is 11.9 Å². The molecule has 7 nitrogen and oxygen atoms in total. The average molecular weight is 333 g/mol. The van der Waals surface area contributed by atoms with Crippen LogP contribution in [0.25, 0.3) is 0 Å². The molecule has 3 rings (SSSR count). The summed E-state index contributed by atoms with van der Waals surface area (Å²) in [6.07, 6.45) is 4.42. The van der Waals surface area contributed by atoms with Crippen molar-refractivity contribution in [2.24, 2.45) is 0 Å². The maximum absolute atomic E-state index is 13.8. The quantitative estimate of drug-likeness (QED) is 0.933. The number of hydrogen-bond acceptors (Lipinski definition) is 5. The second-order valence-corrected chi connectivity index (χ2v) is 6.03. The fourth-order valence-corrected chi connectivity index (χ4v) is 2.93. The van der Waals surface area contributed by atoms with Gasteiger partial charge in [0.1, 0.15) is 5.82 Å². The van der Waals surface area contributed by atoms with E-state index in [0.29, 0.717) is 30.4 Å². The molecule has 3 heterocycles. The Balaban J connectivity index is 1.63. The highest BCUT2D eigenvalue weighted by molar-refractivity contribution is 5.74. The van der Waals surface area contributed by atoms with Crippen LogP contribution < -0.4 is 5.32 Å². The molecule has 2 aromatic rings. The van der Waals surface area contributed by atoms with Crippen molar-refractivity contribution in [2.45, 2.75) is 38.6 Å². The second-order valence-electron chi connectivity index (χ2n) is 6.03. The lowest BCUT2D eigenvalue weighted by molar-refractivity contribution is 0.169. The molecule has 0 aliphatic carbocycles. The van der Waals surface area contributed by atoms with E-state index in [1.165, 1.54) is 6.20 Å². The van der Waals surface area contributed by atoms with E-state index >= 15 is 0 Å². The van der Waals surface area contributed by atoms with E-state index in [0.717, 1.165) is 19.0 Å². The Morgan fingerprint density at radius 2 is 2.38 bits per heavy atom. The Kier molecular flexibility index (Phi) is 4.73. The lowest BCUT2D eigenvalue weighted by Gasteiger charge is -2.32. The van der Waals surface area contributed by atoms with Gasteiger partial charge in [0.2, 0.25) is 5.89 Å². The predicted molar refractivity (Wildman–Crippen MR) is 83.7 cm³/mol. The second kappa shape index (κ2) is 6.94. The van der Waals surface area contributed by atoms with Gasteiger partial charge in [0.25, 0.3) is 0 Å². The van der Waals surface area contributed by atoms with Crippen LogP contribution in [0.1, 0.15) is 49.0 Å². The number of amides is 2. The third-order valence-corrected chi connectivity index (χ3v) is 4.21. The average Bonchev–Trinajstić information content (AvgIpc) is 3.02. The highest BCUT2D eigenvalue weighted by atomic mass is 19.1. The number of piperidine rings is 1. The Morgan fingerprint density at radius 1 is 1.54 bits per heavy atom. The monoisotopic (exact) mass is 333 g/mol. The number of pyridine rings is 1. The number of nitrogens with zero attached hydrogens (tertiary/aromatic N) is 4. The molecule has 24 heavy (non-hydrogen) atoms. The summed E-state index contributed by atoms with van der Waals surface area (Å²) >= 11 is 0. The topological polar surface area (TPSA) is 84.2 Å². The molecule has 1 aliphatic heterocycles. The van der Waals surface area contributed by atoms with Gasteiger partial charge in [-0.1, -0.05) is 5.16 Å². The molecule has 2 atom stereocenters. The first kappa shape index (κ1) is 16.4. The number of hydrogen-bond donors (Lipinski definition) is 1. The van der Waals surface area contributed by atoms with Gasteiger partial charge >= 0.3 is 6.03 Å². The first-order chi connectivity index (χ1) is 11.5. The number of carbonyl (C=O) groups excluding carboxylic acids is 1. The van der Waals surface area contributed by atoms with E-state index in [9.17, 15) is 9.18 Å². The molecule has 0 spiro atoms. The Hall–Kier alpha value is -2.51. The molecule has 128 valence electrons. The van der Waals surface area contributed by atoms with E-state index in [1.54, 1.807) is 24.8 Å². The summed E-state index contributed by atoms with van der Waals surface area (Å²) in [5.41, 5.74) is 0.416. The SMILES string of the molecule is Cc1noc([C@@H]2CCCN(C(=O)N[C@H](C)c3ccncc3F)C2)n1. The zero-order chi connectivity index (χ0) is 17.1. The fraction of sp³-hybridized carbons (Fsp3) is 0.500. The number of halogens is 1. The predicted octanol–water partition coefficient (Wildman–Crippen LogP) is 2.56. The Bertz CT molecular complexity index is 720. The van der Waals surface area contributed by atoms with Gasteiger partial charge in [0.05, 0.1) is 18.2 Å². The summed E-state index contributed by atoms with van der Waals surface area (Å²) in [5.74, 6) is 0.772. The van der Waals surface area contributed by atoms with Gasteiger partial charge in [-0.25, -0.2) is 9.18 Å². The van der Waals surface area contributed by atoms with Gasteiger partial charge in [-0.05, 0) is 32.8 Å². The van der Waals surface area contributed by atoms with Crippen LogP contribution in [0, 0.1) is 12.7 Å². The molecule has 8 heteroatoms. The normalized spacial score (nSPS) is 19.1. The summed E-state index contributed by atoms with van der Waals surface area (Å²) in [7, 11) is 0. The molecular formula is C16H20FN5O2. The molecule has 0 radical (unpaired) electrons. The zero-order valence-corrected chi connectivity index (χ0v) is 13.7. The summed E-state index contributed by atoms with van der Waals surface area (Å²) < 4.78 is 19.0. The van der Waals surface area contributed by atoms with Crippen molar-refractivity contribution >= 4 is 6.03 Å². The van der Waals surface area contributed by atoms with Crippen LogP contribution in [-0.4, -0.2) is 39.1 Å². The van der Waals surface area contributed by atoms with E-state index in [4.69, 9.17) is 4.52 Å². The highest BCUT2D eigenvalue weighted by Gasteiger charge is 2.29. The van der Waals surface area contributed by atoms with Crippen molar-refractivity contribution in [3.8, 4) is 0 Å². The minimum Gasteiger partial charge on any atom is -0.339 e. The van der Waals surface area contributed by atoms with Crippen molar-refractivity contribution in [2.75, 3.05) is 13.1 Å². The van der Waals surface area contributed by atoms with Crippen molar-refractivity contribution in [1.82, 2.24) is 25.3 Å². The first-order valence-corrected chi connectivity index (χ1v) is 7.99. The van der Waals surface area contributed by atoms with Crippen LogP contribution >= 0.6 is 0 Å². The molecule has 1 fully saturated rings. The summed E-state index contributed by atoms with van der Waals surface area (Å²) in [5, 5.41) is 6.64. The molecule has 2 aromatic heterocycles. The van der Waals surface area contributed by atoms with Crippen molar-refractivity contribution in [3.05, 3.63) is 41.6 Å². The molecule has 0 saturated carbocycles. The molecule has 0 aromatic carbocycles. The fourth-order valence-electron chi connectivity index (χ4n) is 2.93. The highest BCUT2D eigenvalue weighted by Crippen LogP contribution is 2.26. The lowest BCUT2D eigenvalue weighted by Crippen LogP contribution is -2.45. The standard InChI is InChI=1S/C16H20FN5O2/c1-10(13-5-6-18-8-14(13)17)19-16(23)22-7-3-4-12(9-22)15-20-11(2)21-24-15/h5-6,8,10,12H,3-4,7,9H2,1-2H3,(H,19,23)/t10-,12-/m1/s1. The molecule has 0 bridgehead atoms. The maximum atomic E-state index is 13.8. The summed E-state index contributed by atoms with van der Waals surface area (Å²) in [6, 6.07) is 0.909. The number of rotatable bonds is 3. The third-order valence-electron chi connectivity index (χ3n) is 4.21. The van der Waals surface area contributed by atoms with Gasteiger partial charge < -0.3 is 14.7 Å². The van der Waals surface area contributed by atoms with E-state index in [2.05, 4.69) is 20.4 Å². The lowest BCUT2D eigenvalue weighted by atomic mass is 9.98. The minimum absolute atomic E-state index is 0.0404. The van der Waals surface area contributed by atoms with Gasteiger partial charge in [0.15, 0.2) is 5.82 Å². The van der Waals surface area contributed by atoms with Gasteiger partial charge in [-0.15, -0.1) is 0 Å². The molecule has 0 unspecified atom stereocenters. The minimum atomic E-state index is -0.438. The van der Waals surface area contributed by atoms with E-state index in [-0.39, 0.29) is 11.9 Å². The van der Waals surface area contributed by atoms with Gasteiger partial charge in [-0.2, -0.15) is 4.98 Å². The molecule has 1 N–H and O–H groups in total. The number of aryl methyl sites for hydroxylation is 1. The summed E-state index contributed by atoms with van der Waals surface area (Å²) in [6.45, 7) is 4.68. The zero-order valence-electron chi connectivity index (χ0n) is 13.7. The summed E-state index contributed by atoms with van der Waals surface area (Å²) in [4.78, 5) is 22.2. The largest absolute Gasteiger partial charge is 0.339 e. The van der Waals surface area contributed by atoms with Crippen LogP contribution in [0.15, 0.2) is 23.0 Å². The molecule has 2 amide bonds. The van der Waals surface area contributed by atoms with Crippen LogP contribution in [0.3, 0.4) is 0 Å². The third kappa shape index (κ3) is 3.52. The van der Waals surface area contributed by atoms with Gasteiger partial charge in [0, 0.05) is 24.8 Å². The van der Waals surface area contributed by atoms with E-state index in [1.807, 2.05) is 0 Å². The first-order valence-electron chi connectivity index (χ1n) is 7.99. The maximum Gasteiger partial charge on any atom is 0.317 e. The van der Waals surface area contributed by atoms with Crippen molar-refractivity contribution < 1.29 is 13.7 Å². The molecule has 1 aliphatic rings. The van der Waals surface area contributed by atoms with Crippen molar-refractivity contribution in [3.63, 3.8) is 0 Å². The van der Waals surface area contributed by atoms with Crippen LogP contribution in [0.4, 0.5) is 9.18 Å². The van der Waals surface area contributed by atoms with Crippen molar-refractivity contribution in [1.29, 1.82) is 0 Å². The molecule has 1 saturated heterocycles. The Morgan fingerprint density at radius 3 is 3.08 bits per heavy atom. The number of aromatic nitrogens is 3. The Labute approximate surface area is 139 Å². The number of urea groups is 1. The number of carbonyl (C=O) groups is 1. The smallest absolute Gasteiger partial charge is 0.317 e. The molecular weight excluding hydrogens is 313 g/mol. The van der Waals surface area contributed by atoms with Crippen LogP contribution in [0.2, 0.25) is 0 Å². The number of likely N-dealkylation sites (tertiary alicyclic amines) is 1. The van der Waals surface area contributed by atoms with Gasteiger partial charge in [-0.3, -0.25) is 4.98 Å². The van der Waals surface area contributed by atoms with Crippen LogP contribution in [-0.2, 0) is 0 Å². The van der Waals surface area contributed by atoms with Crippen LogP contribution in [0.5, 0.6) is 0 Å². The number of nitrogens with one attached hydrogen (secondary N) is 1.